The lowest BCUT2D eigenvalue weighted by Gasteiger charge is -2.25. The van der Waals surface area contributed by atoms with Crippen molar-refractivity contribution in [2.75, 3.05) is 6.61 Å². The summed E-state index contributed by atoms with van der Waals surface area (Å²) < 4.78 is 31.8. The molecule has 0 unspecified atom stereocenters. The fourth-order valence-corrected chi connectivity index (χ4v) is 3.82. The van der Waals surface area contributed by atoms with Gasteiger partial charge in [-0.3, -0.25) is 14.3 Å². The maximum absolute atomic E-state index is 15.1. The van der Waals surface area contributed by atoms with Gasteiger partial charge >= 0.3 is 11.7 Å². The molecule has 4 rings (SSSR count). The van der Waals surface area contributed by atoms with Gasteiger partial charge in [-0.25, -0.2) is 14.0 Å². The number of aromatic amines is 1. The van der Waals surface area contributed by atoms with Crippen molar-refractivity contribution in [3.05, 3.63) is 33.1 Å². The van der Waals surface area contributed by atoms with Crippen molar-refractivity contribution in [3.63, 3.8) is 0 Å². The minimum atomic E-state index is -2.93. The fourth-order valence-electron chi connectivity index (χ4n) is 3.82. The Morgan fingerprint density at radius 3 is 2.62 bits per heavy atom. The molecule has 1 saturated heterocycles. The van der Waals surface area contributed by atoms with Gasteiger partial charge in [0.2, 0.25) is 0 Å². The summed E-state index contributed by atoms with van der Waals surface area (Å²) in [5.41, 5.74) is -2.71. The number of ether oxygens (including phenoxy) is 3. The Bertz CT molecular complexity index is 890. The third-order valence-corrected chi connectivity index (χ3v) is 5.67. The summed E-state index contributed by atoms with van der Waals surface area (Å²) in [6.07, 6.45) is 0.229. The lowest BCUT2D eigenvalue weighted by atomic mass is 10.1. The van der Waals surface area contributed by atoms with Gasteiger partial charge in [-0.05, 0) is 25.7 Å². The van der Waals surface area contributed by atoms with E-state index in [0.717, 1.165) is 42.5 Å². The number of carbonyl (C=O) groups is 1. The van der Waals surface area contributed by atoms with Crippen molar-refractivity contribution in [3.8, 4) is 0 Å². The lowest BCUT2D eigenvalue weighted by molar-refractivity contribution is -0.222. The molecular formula is C18H23FN2O8. The molecule has 160 valence electrons. The number of halogens is 1. The molecule has 3 fully saturated rings. The quantitative estimate of drug-likeness (QED) is 0.529. The Balaban J connectivity index is 1.42. The van der Waals surface area contributed by atoms with Crippen molar-refractivity contribution in [2.24, 2.45) is 0 Å². The Kier molecular flexibility index (Phi) is 5.09. The van der Waals surface area contributed by atoms with E-state index in [9.17, 15) is 24.6 Å². The summed E-state index contributed by atoms with van der Waals surface area (Å²) in [6.45, 7) is -0.978. The van der Waals surface area contributed by atoms with E-state index < -0.39 is 53.7 Å². The third-order valence-electron chi connectivity index (χ3n) is 5.67. The second kappa shape index (κ2) is 7.31. The van der Waals surface area contributed by atoms with Crippen LogP contribution >= 0.6 is 0 Å². The van der Waals surface area contributed by atoms with Crippen molar-refractivity contribution in [1.82, 2.24) is 9.55 Å². The van der Waals surface area contributed by atoms with Gasteiger partial charge < -0.3 is 24.4 Å². The van der Waals surface area contributed by atoms with E-state index in [1.807, 2.05) is 4.98 Å². The number of esters is 1. The number of hydrogen-bond donors (Lipinski definition) is 3. The minimum absolute atomic E-state index is 0.0176. The monoisotopic (exact) mass is 414 g/mol. The van der Waals surface area contributed by atoms with Gasteiger partial charge in [-0.15, -0.1) is 0 Å². The molecule has 10 nitrogen and oxygen atoms in total. The Hall–Kier alpha value is -2.08. The van der Waals surface area contributed by atoms with Crippen LogP contribution in [-0.2, 0) is 19.0 Å². The average Bonchev–Trinajstić information content (AvgIpc) is 3.21. The predicted molar refractivity (Wildman–Crippen MR) is 93.6 cm³/mol. The molecule has 4 atom stereocenters. The molecule has 1 aliphatic heterocycles. The largest absolute Gasteiger partial charge is 0.457 e. The summed E-state index contributed by atoms with van der Waals surface area (Å²) in [5.74, 6) is -3.67. The molecule has 0 radical (unpaired) electrons. The highest BCUT2D eigenvalue weighted by Gasteiger charge is 2.59. The van der Waals surface area contributed by atoms with Crippen LogP contribution in [0.4, 0.5) is 4.39 Å². The Morgan fingerprint density at radius 2 is 2.00 bits per heavy atom. The van der Waals surface area contributed by atoms with E-state index in [1.165, 1.54) is 0 Å². The minimum Gasteiger partial charge on any atom is -0.457 e. The van der Waals surface area contributed by atoms with Crippen LogP contribution < -0.4 is 11.2 Å². The first-order valence-corrected chi connectivity index (χ1v) is 9.63. The number of aromatic nitrogens is 2. The molecule has 0 amide bonds. The number of H-pyrrole nitrogens is 1. The van der Waals surface area contributed by atoms with Crippen LogP contribution in [0, 0.1) is 0 Å². The highest BCUT2D eigenvalue weighted by molar-refractivity contribution is 5.83. The molecule has 0 aromatic carbocycles. The van der Waals surface area contributed by atoms with Crippen LogP contribution in [0.25, 0.3) is 0 Å². The van der Waals surface area contributed by atoms with E-state index in [1.54, 1.807) is 0 Å². The van der Waals surface area contributed by atoms with Gasteiger partial charge in [0.25, 0.3) is 11.4 Å². The highest BCUT2D eigenvalue weighted by Crippen LogP contribution is 2.45. The van der Waals surface area contributed by atoms with Crippen molar-refractivity contribution in [1.29, 1.82) is 0 Å². The zero-order valence-corrected chi connectivity index (χ0v) is 15.6. The number of hydrogen-bond acceptors (Lipinski definition) is 8. The molecule has 1 aromatic rings. The van der Waals surface area contributed by atoms with Gasteiger partial charge in [-0.1, -0.05) is 12.8 Å². The van der Waals surface area contributed by atoms with E-state index in [2.05, 4.69) is 0 Å². The standard InChI is InChI=1S/C18H23FN2O8/c19-18(9-27-15(25)17(6-7-17)28-10-3-1-2-4-10)13(24)12(23)14(29-18)21-8-5-11(22)20-16(21)26/h5,8,10,12-14,23-24H,1-4,6-7,9H2,(H,20,22,26)/t12-,13+,14-,18-/m1/s1. The van der Waals surface area contributed by atoms with Crippen LogP contribution in [0.1, 0.15) is 44.8 Å². The summed E-state index contributed by atoms with van der Waals surface area (Å²) in [6, 6.07) is 0.985. The molecule has 29 heavy (non-hydrogen) atoms. The van der Waals surface area contributed by atoms with Gasteiger partial charge in [0.05, 0.1) is 6.10 Å². The van der Waals surface area contributed by atoms with Crippen LogP contribution in [0.3, 0.4) is 0 Å². The van der Waals surface area contributed by atoms with Crippen LogP contribution in [0.15, 0.2) is 21.9 Å². The maximum atomic E-state index is 15.1. The topological polar surface area (TPSA) is 140 Å². The average molecular weight is 414 g/mol. The van der Waals surface area contributed by atoms with E-state index >= 15 is 4.39 Å². The Morgan fingerprint density at radius 1 is 1.31 bits per heavy atom. The van der Waals surface area contributed by atoms with Crippen LogP contribution in [0.5, 0.6) is 0 Å². The first-order chi connectivity index (χ1) is 13.7. The molecule has 0 bridgehead atoms. The summed E-state index contributed by atoms with van der Waals surface area (Å²) in [7, 11) is 0. The predicted octanol–water partition coefficient (Wildman–Crippen LogP) is -0.512. The second-order valence-electron chi connectivity index (χ2n) is 7.84. The number of carbonyl (C=O) groups excluding carboxylic acids is 1. The van der Waals surface area contributed by atoms with E-state index in [4.69, 9.17) is 14.2 Å². The fraction of sp³-hybridized carbons (Fsp3) is 0.722. The second-order valence-corrected chi connectivity index (χ2v) is 7.84. The number of nitrogens with zero attached hydrogens (tertiary/aromatic N) is 1. The third kappa shape index (κ3) is 3.75. The molecule has 3 N–H and O–H groups in total. The lowest BCUT2D eigenvalue weighted by Crippen LogP contribution is -2.45. The molecule has 11 heteroatoms. The number of nitrogens with one attached hydrogen (secondary N) is 1. The van der Waals surface area contributed by atoms with Crippen LogP contribution in [0.2, 0.25) is 0 Å². The molecule has 2 aliphatic carbocycles. The van der Waals surface area contributed by atoms with Crippen molar-refractivity contribution >= 4 is 5.97 Å². The van der Waals surface area contributed by atoms with E-state index in [-0.39, 0.29) is 6.10 Å². The highest BCUT2D eigenvalue weighted by atomic mass is 19.2. The van der Waals surface area contributed by atoms with Gasteiger partial charge in [0, 0.05) is 12.3 Å². The first-order valence-electron chi connectivity index (χ1n) is 9.63. The summed E-state index contributed by atoms with van der Waals surface area (Å²) in [5, 5.41) is 20.2. The SMILES string of the molecule is O=C(OC[C@@]1(F)O[C@@H](n2ccc(=O)[nH]c2=O)[C@H](O)[C@@H]1O)C1(OC2CCCC2)CC1. The number of rotatable bonds is 6. The number of aliphatic hydroxyl groups excluding tert-OH is 2. The number of alkyl halides is 1. The van der Waals surface area contributed by atoms with Crippen molar-refractivity contribution in [2.45, 2.75) is 74.5 Å². The molecule has 1 aromatic heterocycles. The van der Waals surface area contributed by atoms with Gasteiger partial charge in [-0.2, -0.15) is 0 Å². The van der Waals surface area contributed by atoms with Gasteiger partial charge in [0.1, 0.15) is 12.2 Å². The summed E-state index contributed by atoms with van der Waals surface area (Å²) in [4.78, 5) is 37.4. The summed E-state index contributed by atoms with van der Waals surface area (Å²) >= 11 is 0. The molecule has 2 heterocycles. The smallest absolute Gasteiger partial charge is 0.338 e. The van der Waals surface area contributed by atoms with Gasteiger partial charge in [0.15, 0.2) is 18.4 Å². The molecule has 3 aliphatic rings. The number of aliphatic hydroxyl groups is 2. The maximum Gasteiger partial charge on any atom is 0.338 e. The zero-order chi connectivity index (χ0) is 20.8. The first kappa shape index (κ1) is 20.2. The molecular weight excluding hydrogens is 391 g/mol. The normalized spacial score (nSPS) is 33.7. The molecule has 0 spiro atoms. The van der Waals surface area contributed by atoms with Crippen molar-refractivity contribution < 1.29 is 33.6 Å². The molecule has 2 saturated carbocycles. The Labute approximate surface area is 164 Å². The van der Waals surface area contributed by atoms with Crippen LogP contribution in [-0.4, -0.2) is 62.1 Å². The van der Waals surface area contributed by atoms with E-state index in [0.29, 0.717) is 12.8 Å². The zero-order valence-electron chi connectivity index (χ0n) is 15.6.